The van der Waals surface area contributed by atoms with E-state index in [0.29, 0.717) is 11.5 Å². The van der Waals surface area contributed by atoms with Crippen LogP contribution in [-0.4, -0.2) is 25.8 Å². The Labute approximate surface area is 172 Å². The van der Waals surface area contributed by atoms with Crippen molar-refractivity contribution in [3.63, 3.8) is 0 Å². The van der Waals surface area contributed by atoms with Gasteiger partial charge in [-0.15, -0.1) is 0 Å². The number of aromatic amines is 1. The minimum absolute atomic E-state index is 0.246. The summed E-state index contributed by atoms with van der Waals surface area (Å²) in [6.07, 6.45) is 0. The van der Waals surface area contributed by atoms with Crippen molar-refractivity contribution in [3.05, 3.63) is 77.1 Å². The van der Waals surface area contributed by atoms with E-state index in [-0.39, 0.29) is 5.91 Å². The second-order valence-electron chi connectivity index (χ2n) is 6.60. The topological polar surface area (TPSA) is 95.6 Å². The fourth-order valence-corrected chi connectivity index (χ4v) is 3.71. The summed E-state index contributed by atoms with van der Waals surface area (Å²) < 4.78 is 0. The number of fused-ring (bicyclic) bond motifs is 1. The summed E-state index contributed by atoms with van der Waals surface area (Å²) in [7, 11) is 0. The molecule has 0 aliphatic heterocycles. The second kappa shape index (κ2) is 8.32. The van der Waals surface area contributed by atoms with Crippen molar-refractivity contribution in [3.8, 4) is 0 Å². The Morgan fingerprint density at radius 1 is 1.00 bits per heavy atom. The number of para-hydroxylation sites is 2. The van der Waals surface area contributed by atoms with Crippen LogP contribution in [0, 0.1) is 13.8 Å². The molecule has 2 heterocycles. The average Bonchev–Trinajstić information content (AvgIpc) is 3.13. The number of nitrogens with one attached hydrogen (secondary N) is 3. The Morgan fingerprint density at radius 3 is 2.45 bits per heavy atom. The molecule has 0 bridgehead atoms. The number of hydrogen-bond donors (Lipinski definition) is 3. The number of anilines is 1. The Morgan fingerprint density at radius 2 is 1.72 bits per heavy atom. The number of carbonyl (C=O) groups is 1. The van der Waals surface area contributed by atoms with E-state index in [1.807, 2.05) is 56.3 Å². The van der Waals surface area contributed by atoms with Gasteiger partial charge in [0.1, 0.15) is 0 Å². The molecule has 0 unspecified atom stereocenters. The number of aryl methyl sites for hydroxylation is 2. The number of benzene rings is 2. The minimum Gasteiger partial charge on any atom is -0.333 e. The largest absolute Gasteiger partial charge is 0.333 e. The van der Waals surface area contributed by atoms with Crippen molar-refractivity contribution < 1.29 is 4.79 Å². The number of imidazole rings is 1. The molecule has 0 saturated heterocycles. The summed E-state index contributed by atoms with van der Waals surface area (Å²) in [5, 5.41) is 0.880. The standard InChI is InChI=1S/C21H20N6OS/c1-13-11-14(2)23-20(22-13)27-26-19(28)16-9-7-15(8-10-16)12-29-21-24-17-5-3-4-6-18(17)25-21/h3-11H,12H2,1-2H3,(H,24,25)(H,26,28)(H,22,23,27). The smallest absolute Gasteiger partial charge is 0.269 e. The van der Waals surface area contributed by atoms with Gasteiger partial charge in [-0.2, -0.15) is 0 Å². The van der Waals surface area contributed by atoms with E-state index < -0.39 is 0 Å². The van der Waals surface area contributed by atoms with Crippen LogP contribution < -0.4 is 10.9 Å². The van der Waals surface area contributed by atoms with Crippen LogP contribution in [0.5, 0.6) is 0 Å². The maximum Gasteiger partial charge on any atom is 0.269 e. The Balaban J connectivity index is 1.33. The number of hydrazine groups is 1. The third kappa shape index (κ3) is 4.72. The van der Waals surface area contributed by atoms with E-state index in [2.05, 4.69) is 30.8 Å². The first-order valence-corrected chi connectivity index (χ1v) is 10.1. The van der Waals surface area contributed by atoms with Gasteiger partial charge in [0.2, 0.25) is 5.95 Å². The Kier molecular flexibility index (Phi) is 5.44. The first kappa shape index (κ1) is 18.9. The maximum atomic E-state index is 12.3. The number of aromatic nitrogens is 4. The van der Waals surface area contributed by atoms with Crippen LogP contribution in [0.4, 0.5) is 5.95 Å². The highest BCUT2D eigenvalue weighted by molar-refractivity contribution is 7.98. The molecule has 8 heteroatoms. The molecule has 2 aromatic heterocycles. The first-order chi connectivity index (χ1) is 14.1. The minimum atomic E-state index is -0.246. The van der Waals surface area contributed by atoms with Gasteiger partial charge in [-0.3, -0.25) is 15.6 Å². The van der Waals surface area contributed by atoms with Crippen LogP contribution in [0.15, 0.2) is 59.8 Å². The number of hydrogen-bond acceptors (Lipinski definition) is 6. The van der Waals surface area contributed by atoms with E-state index in [1.165, 1.54) is 0 Å². The highest BCUT2D eigenvalue weighted by Crippen LogP contribution is 2.23. The van der Waals surface area contributed by atoms with Crippen molar-refractivity contribution in [2.75, 3.05) is 5.43 Å². The predicted octanol–water partition coefficient (Wildman–Crippen LogP) is 4.02. The van der Waals surface area contributed by atoms with E-state index >= 15 is 0 Å². The summed E-state index contributed by atoms with van der Waals surface area (Å²) in [5.74, 6) is 0.884. The number of thioether (sulfide) groups is 1. The molecule has 0 aliphatic carbocycles. The van der Waals surface area contributed by atoms with Gasteiger partial charge < -0.3 is 4.98 Å². The summed E-state index contributed by atoms with van der Waals surface area (Å²) in [6, 6.07) is 17.3. The molecule has 4 aromatic rings. The van der Waals surface area contributed by atoms with Gasteiger partial charge in [0.05, 0.1) is 11.0 Å². The molecule has 2 aromatic carbocycles. The highest BCUT2D eigenvalue weighted by Gasteiger charge is 2.08. The van der Waals surface area contributed by atoms with Crippen molar-refractivity contribution >= 4 is 34.7 Å². The van der Waals surface area contributed by atoms with Gasteiger partial charge in [-0.1, -0.05) is 36.0 Å². The fraction of sp³-hybridized carbons (Fsp3) is 0.143. The second-order valence-corrected chi connectivity index (χ2v) is 7.56. The van der Waals surface area contributed by atoms with Crippen LogP contribution in [-0.2, 0) is 5.75 Å². The molecular formula is C21H20N6OS. The van der Waals surface area contributed by atoms with Crippen LogP contribution >= 0.6 is 11.8 Å². The summed E-state index contributed by atoms with van der Waals surface area (Å²) in [6.45, 7) is 3.76. The van der Waals surface area contributed by atoms with Crippen LogP contribution in [0.3, 0.4) is 0 Å². The van der Waals surface area contributed by atoms with E-state index in [4.69, 9.17) is 0 Å². The van der Waals surface area contributed by atoms with Gasteiger partial charge in [0, 0.05) is 22.7 Å². The molecule has 4 rings (SSSR count). The molecule has 0 aliphatic rings. The third-order valence-electron chi connectivity index (χ3n) is 4.23. The van der Waals surface area contributed by atoms with Crippen LogP contribution in [0.1, 0.15) is 27.3 Å². The number of amides is 1. The zero-order valence-electron chi connectivity index (χ0n) is 16.1. The quantitative estimate of drug-likeness (QED) is 0.332. The molecule has 0 fully saturated rings. The van der Waals surface area contributed by atoms with E-state index in [0.717, 1.165) is 38.9 Å². The van der Waals surface area contributed by atoms with E-state index in [9.17, 15) is 4.79 Å². The van der Waals surface area contributed by atoms with Gasteiger partial charge >= 0.3 is 0 Å². The number of nitrogens with zero attached hydrogens (tertiary/aromatic N) is 3. The van der Waals surface area contributed by atoms with Crippen LogP contribution in [0.2, 0.25) is 0 Å². The maximum absolute atomic E-state index is 12.3. The molecule has 29 heavy (non-hydrogen) atoms. The monoisotopic (exact) mass is 404 g/mol. The lowest BCUT2D eigenvalue weighted by Gasteiger charge is -2.08. The lowest BCUT2D eigenvalue weighted by Crippen LogP contribution is -2.30. The molecular weight excluding hydrogens is 384 g/mol. The molecule has 0 radical (unpaired) electrons. The molecule has 3 N–H and O–H groups in total. The van der Waals surface area contributed by atoms with Crippen molar-refractivity contribution in [1.82, 2.24) is 25.4 Å². The lowest BCUT2D eigenvalue weighted by atomic mass is 10.1. The third-order valence-corrected chi connectivity index (χ3v) is 5.17. The van der Waals surface area contributed by atoms with Gasteiger partial charge in [-0.05, 0) is 49.7 Å². The zero-order valence-corrected chi connectivity index (χ0v) is 16.9. The molecule has 0 atom stereocenters. The van der Waals surface area contributed by atoms with E-state index in [1.54, 1.807) is 23.9 Å². The molecule has 1 amide bonds. The van der Waals surface area contributed by atoms with Gasteiger partial charge in [0.15, 0.2) is 5.16 Å². The Hall–Kier alpha value is -3.39. The average molecular weight is 404 g/mol. The van der Waals surface area contributed by atoms with Crippen molar-refractivity contribution in [2.45, 2.75) is 24.8 Å². The first-order valence-electron chi connectivity index (χ1n) is 9.12. The lowest BCUT2D eigenvalue weighted by molar-refractivity contribution is 0.0962. The number of rotatable bonds is 6. The predicted molar refractivity (Wildman–Crippen MR) is 115 cm³/mol. The van der Waals surface area contributed by atoms with Crippen molar-refractivity contribution in [2.24, 2.45) is 0 Å². The molecule has 146 valence electrons. The fourth-order valence-electron chi connectivity index (χ4n) is 2.87. The normalized spacial score (nSPS) is 10.8. The molecule has 7 nitrogen and oxygen atoms in total. The number of carbonyl (C=O) groups excluding carboxylic acids is 1. The van der Waals surface area contributed by atoms with Crippen LogP contribution in [0.25, 0.3) is 11.0 Å². The number of H-pyrrole nitrogens is 1. The van der Waals surface area contributed by atoms with Crippen molar-refractivity contribution in [1.29, 1.82) is 0 Å². The van der Waals surface area contributed by atoms with Gasteiger partial charge in [-0.25, -0.2) is 15.0 Å². The molecule has 0 saturated carbocycles. The summed E-state index contributed by atoms with van der Waals surface area (Å²) in [5.41, 5.74) is 10.7. The summed E-state index contributed by atoms with van der Waals surface area (Å²) >= 11 is 1.63. The van der Waals surface area contributed by atoms with Gasteiger partial charge in [0.25, 0.3) is 5.91 Å². The zero-order chi connectivity index (χ0) is 20.2. The highest BCUT2D eigenvalue weighted by atomic mass is 32.2. The Bertz CT molecular complexity index is 1100. The molecule has 0 spiro atoms. The summed E-state index contributed by atoms with van der Waals surface area (Å²) in [4.78, 5) is 28.7. The SMILES string of the molecule is Cc1cc(C)nc(NNC(=O)c2ccc(CSc3nc4ccccc4[nH]3)cc2)n1.